The Balaban J connectivity index is 1.82. The molecule has 0 spiro atoms. The van der Waals surface area contributed by atoms with Crippen molar-refractivity contribution < 1.29 is 0 Å². The number of aliphatic imine (C=N–C) groups is 1. The zero-order valence-electron chi connectivity index (χ0n) is 14.6. The van der Waals surface area contributed by atoms with Gasteiger partial charge in [0.15, 0.2) is 0 Å². The summed E-state index contributed by atoms with van der Waals surface area (Å²) in [5.41, 5.74) is 8.05. The van der Waals surface area contributed by atoms with Gasteiger partial charge >= 0.3 is 0 Å². The Morgan fingerprint density at radius 2 is 1.83 bits per heavy atom. The molecule has 0 aromatic heterocycles. The SMILES string of the molecule is C=C(NC(C)C)c1cccc(C2=NCC(c3ccc(C)cc3)=C2)c1. The monoisotopic (exact) mass is 316 g/mol. The number of rotatable bonds is 5. The molecule has 1 aliphatic heterocycles. The van der Waals surface area contributed by atoms with Gasteiger partial charge in [-0.2, -0.15) is 0 Å². The normalized spacial score (nSPS) is 13.7. The van der Waals surface area contributed by atoms with Crippen LogP contribution in [0.15, 0.2) is 66.2 Å². The second-order valence-electron chi connectivity index (χ2n) is 6.60. The Morgan fingerprint density at radius 3 is 2.54 bits per heavy atom. The highest BCUT2D eigenvalue weighted by molar-refractivity contribution is 6.15. The van der Waals surface area contributed by atoms with Gasteiger partial charge in [0.05, 0.1) is 12.3 Å². The lowest BCUT2D eigenvalue weighted by atomic mass is 10.0. The van der Waals surface area contributed by atoms with Gasteiger partial charge in [0.25, 0.3) is 0 Å². The van der Waals surface area contributed by atoms with Crippen molar-refractivity contribution in [3.63, 3.8) is 0 Å². The van der Waals surface area contributed by atoms with E-state index in [-0.39, 0.29) is 0 Å². The summed E-state index contributed by atoms with van der Waals surface area (Å²) >= 11 is 0. The first-order valence-electron chi connectivity index (χ1n) is 8.41. The minimum atomic E-state index is 0.373. The first-order valence-corrected chi connectivity index (χ1v) is 8.41. The van der Waals surface area contributed by atoms with Crippen LogP contribution in [0.25, 0.3) is 11.3 Å². The Hall–Kier alpha value is -2.61. The summed E-state index contributed by atoms with van der Waals surface area (Å²) in [5.74, 6) is 0. The molecule has 0 amide bonds. The van der Waals surface area contributed by atoms with E-state index in [0.717, 1.165) is 29.1 Å². The minimum absolute atomic E-state index is 0.373. The second-order valence-corrected chi connectivity index (χ2v) is 6.60. The number of hydrogen-bond donors (Lipinski definition) is 1. The number of nitrogens with one attached hydrogen (secondary N) is 1. The van der Waals surface area contributed by atoms with Crippen molar-refractivity contribution in [3.05, 3.63) is 83.4 Å². The summed E-state index contributed by atoms with van der Waals surface area (Å²) in [7, 11) is 0. The third kappa shape index (κ3) is 3.65. The molecule has 1 heterocycles. The van der Waals surface area contributed by atoms with E-state index in [4.69, 9.17) is 4.99 Å². The number of aryl methyl sites for hydroxylation is 1. The maximum absolute atomic E-state index is 4.72. The largest absolute Gasteiger partial charge is 0.383 e. The van der Waals surface area contributed by atoms with Crippen molar-refractivity contribution in [1.82, 2.24) is 5.32 Å². The molecule has 24 heavy (non-hydrogen) atoms. The molecule has 0 bridgehead atoms. The van der Waals surface area contributed by atoms with Crippen molar-refractivity contribution in [3.8, 4) is 0 Å². The highest BCUT2D eigenvalue weighted by atomic mass is 14.9. The Bertz CT molecular complexity index is 808. The van der Waals surface area contributed by atoms with Crippen LogP contribution in [0, 0.1) is 6.92 Å². The summed E-state index contributed by atoms with van der Waals surface area (Å²) in [6, 6.07) is 17.4. The first-order chi connectivity index (χ1) is 11.5. The van der Waals surface area contributed by atoms with Gasteiger partial charge in [0.1, 0.15) is 0 Å². The Morgan fingerprint density at radius 1 is 1.08 bits per heavy atom. The van der Waals surface area contributed by atoms with E-state index in [1.54, 1.807) is 0 Å². The average molecular weight is 316 g/mol. The number of allylic oxidation sites excluding steroid dienone is 1. The number of nitrogens with zero attached hydrogens (tertiary/aromatic N) is 1. The second kappa shape index (κ2) is 6.88. The van der Waals surface area contributed by atoms with E-state index in [1.165, 1.54) is 16.7 Å². The maximum Gasteiger partial charge on any atom is 0.0654 e. The Kier molecular flexibility index (Phi) is 4.66. The van der Waals surface area contributed by atoms with E-state index in [1.807, 2.05) is 0 Å². The smallest absolute Gasteiger partial charge is 0.0654 e. The zero-order valence-corrected chi connectivity index (χ0v) is 14.6. The molecule has 0 aliphatic carbocycles. The number of hydrogen-bond acceptors (Lipinski definition) is 2. The first kappa shape index (κ1) is 16.3. The quantitative estimate of drug-likeness (QED) is 0.838. The third-order valence-electron chi connectivity index (χ3n) is 4.12. The zero-order chi connectivity index (χ0) is 17.1. The topological polar surface area (TPSA) is 24.4 Å². The van der Waals surface area contributed by atoms with Crippen molar-refractivity contribution in [2.24, 2.45) is 4.99 Å². The van der Waals surface area contributed by atoms with Crippen LogP contribution < -0.4 is 5.32 Å². The van der Waals surface area contributed by atoms with E-state index < -0.39 is 0 Å². The van der Waals surface area contributed by atoms with Crippen LogP contribution in [0.5, 0.6) is 0 Å². The van der Waals surface area contributed by atoms with E-state index in [0.29, 0.717) is 6.04 Å². The molecule has 0 saturated carbocycles. The molecule has 1 aliphatic rings. The van der Waals surface area contributed by atoms with E-state index >= 15 is 0 Å². The summed E-state index contributed by atoms with van der Waals surface area (Å²) in [4.78, 5) is 4.72. The summed E-state index contributed by atoms with van der Waals surface area (Å²) in [6.07, 6.45) is 2.20. The highest BCUT2D eigenvalue weighted by Gasteiger charge is 2.12. The van der Waals surface area contributed by atoms with E-state index in [2.05, 4.69) is 87.3 Å². The van der Waals surface area contributed by atoms with Gasteiger partial charge in [0, 0.05) is 17.3 Å². The van der Waals surface area contributed by atoms with Crippen molar-refractivity contribution in [2.75, 3.05) is 6.54 Å². The highest BCUT2D eigenvalue weighted by Crippen LogP contribution is 2.23. The van der Waals surface area contributed by atoms with Gasteiger partial charge in [-0.25, -0.2) is 0 Å². The fourth-order valence-electron chi connectivity index (χ4n) is 2.84. The molecule has 2 heteroatoms. The van der Waals surface area contributed by atoms with Gasteiger partial charge in [-0.05, 0) is 49.6 Å². The molecule has 1 N–H and O–H groups in total. The van der Waals surface area contributed by atoms with Crippen LogP contribution in [0.1, 0.15) is 36.1 Å². The predicted octanol–water partition coefficient (Wildman–Crippen LogP) is 4.85. The van der Waals surface area contributed by atoms with E-state index in [9.17, 15) is 0 Å². The van der Waals surface area contributed by atoms with Gasteiger partial charge in [-0.1, -0.05) is 54.6 Å². The van der Waals surface area contributed by atoms with Gasteiger partial charge in [0.2, 0.25) is 0 Å². The maximum atomic E-state index is 4.72. The predicted molar refractivity (Wildman–Crippen MR) is 104 cm³/mol. The fraction of sp³-hybridized carbons (Fsp3) is 0.227. The molecule has 122 valence electrons. The lowest BCUT2D eigenvalue weighted by Gasteiger charge is -2.13. The third-order valence-corrected chi connectivity index (χ3v) is 4.12. The molecule has 2 nitrogen and oxygen atoms in total. The van der Waals surface area contributed by atoms with Crippen LogP contribution in [-0.4, -0.2) is 18.3 Å². The molecular formula is C22H24N2. The lowest BCUT2D eigenvalue weighted by molar-refractivity contribution is 0.718. The van der Waals surface area contributed by atoms with Crippen LogP contribution in [0.2, 0.25) is 0 Å². The summed E-state index contributed by atoms with van der Waals surface area (Å²) < 4.78 is 0. The van der Waals surface area contributed by atoms with Crippen LogP contribution in [-0.2, 0) is 0 Å². The molecule has 0 unspecified atom stereocenters. The molecule has 0 saturated heterocycles. The van der Waals surface area contributed by atoms with Gasteiger partial charge < -0.3 is 5.32 Å². The average Bonchev–Trinajstić information content (AvgIpc) is 3.05. The summed E-state index contributed by atoms with van der Waals surface area (Å²) in [6.45, 7) is 11.2. The van der Waals surface area contributed by atoms with Crippen molar-refractivity contribution >= 4 is 17.0 Å². The van der Waals surface area contributed by atoms with Crippen molar-refractivity contribution in [1.29, 1.82) is 0 Å². The van der Waals surface area contributed by atoms with Crippen LogP contribution in [0.3, 0.4) is 0 Å². The fourth-order valence-corrected chi connectivity index (χ4v) is 2.84. The van der Waals surface area contributed by atoms with Gasteiger partial charge in [-0.3, -0.25) is 4.99 Å². The minimum Gasteiger partial charge on any atom is -0.383 e. The molecule has 0 atom stereocenters. The molecule has 0 fully saturated rings. The van der Waals surface area contributed by atoms with Crippen molar-refractivity contribution in [2.45, 2.75) is 26.8 Å². The van der Waals surface area contributed by atoms with Crippen LogP contribution >= 0.6 is 0 Å². The molecule has 2 aromatic rings. The summed E-state index contributed by atoms with van der Waals surface area (Å²) in [5, 5.41) is 3.37. The number of benzene rings is 2. The standard InChI is InChI=1S/C22H24N2/c1-15(2)24-17(4)19-6-5-7-20(12-19)22-13-21(14-23-22)18-10-8-16(3)9-11-18/h5-13,15,24H,4,14H2,1-3H3. The molecule has 3 rings (SSSR count). The molecular weight excluding hydrogens is 292 g/mol. The molecule has 2 aromatic carbocycles. The van der Waals surface area contributed by atoms with Crippen LogP contribution in [0.4, 0.5) is 0 Å². The lowest BCUT2D eigenvalue weighted by Crippen LogP contribution is -2.20. The van der Waals surface area contributed by atoms with Gasteiger partial charge in [-0.15, -0.1) is 0 Å². The Labute approximate surface area is 144 Å². The molecule has 0 radical (unpaired) electrons.